The Kier molecular flexibility index (Phi) is 18.4. The highest BCUT2D eigenvalue weighted by atomic mass is 14.9. The largest absolute Gasteiger partial charge is 0.266 e. The molecule has 0 fully saturated rings. The molecule has 0 amide bonds. The van der Waals surface area contributed by atoms with Gasteiger partial charge in [-0.05, 0) is 100 Å². The van der Waals surface area contributed by atoms with Crippen molar-refractivity contribution in [1.82, 2.24) is 0 Å². The smallest absolute Gasteiger partial charge is 0.154 e. The summed E-state index contributed by atoms with van der Waals surface area (Å²) in [6.07, 6.45) is 15.8. The lowest BCUT2D eigenvalue weighted by Crippen LogP contribution is -2.05. The lowest BCUT2D eigenvalue weighted by molar-refractivity contribution is 1.00. The molecule has 2 nitrogen and oxygen atoms in total. The molecule has 0 aliphatic rings. The van der Waals surface area contributed by atoms with Gasteiger partial charge in [-0.15, -0.1) is 5.92 Å². The van der Waals surface area contributed by atoms with Gasteiger partial charge in [-0.25, -0.2) is 4.99 Å². The molecule has 0 heterocycles. The van der Waals surface area contributed by atoms with Crippen molar-refractivity contribution in [2.45, 2.75) is 61.3 Å². The minimum absolute atomic E-state index is 0.653. The summed E-state index contributed by atoms with van der Waals surface area (Å²) in [4.78, 5) is 10.0. The van der Waals surface area contributed by atoms with E-state index in [1.807, 2.05) is 71.0 Å². The van der Waals surface area contributed by atoms with Gasteiger partial charge in [0.1, 0.15) is 0 Å². The second-order valence-electron chi connectivity index (χ2n) is 13.0. The Morgan fingerprint density at radius 3 is 1.88 bits per heavy atom. The van der Waals surface area contributed by atoms with Crippen LogP contribution in [0.1, 0.15) is 76.6 Å². The van der Waals surface area contributed by atoms with Crippen molar-refractivity contribution in [1.29, 1.82) is 0 Å². The summed E-state index contributed by atoms with van der Waals surface area (Å²) in [5, 5.41) is 2.44. The fraction of sp³-hybridized carbons (Fsp3) is 0.179. The standard InChI is InChI=1S/C52H46N2.2C2H6/c1-5-7-9-10-11-12-13-19-36-53-52(42-24-15-14-16-25-42)54-40(4)43-27-20-29-45(37-43)48-34-35-49(51-32-18-17-31-50(48)51)46-30-21-28-44(38-46)47-33-22-26-41(39(47)3)23-8-6-2;2*1-2/h6,8,10-18,20-35,37-38H,2,9,19,36H2,1,3-4H3;2*1-2H3/b11-10+,13-12-,23-8-,53-52?,54-40?;;. The fourth-order valence-electron chi connectivity index (χ4n) is 6.62. The zero-order valence-electron chi connectivity index (χ0n) is 35.5. The van der Waals surface area contributed by atoms with Gasteiger partial charge in [0.2, 0.25) is 0 Å². The Bertz CT molecular complexity index is 2460. The SMILES string of the molecule is C=C/C=C\c1cccc(-c2cccc(-c3ccc(-c4cccc(C(C)=NC(=NCC/C=C\C=C\CC#CC)c5ccccc5)c4)c4ccccc34)c2)c1C.CC.CC. The Balaban J connectivity index is 0.00000180. The molecule has 0 radical (unpaired) electrons. The quantitative estimate of drug-likeness (QED) is 0.0390. The van der Waals surface area contributed by atoms with E-state index in [0.29, 0.717) is 6.54 Å². The molecule has 0 saturated heterocycles. The fourth-order valence-corrected chi connectivity index (χ4v) is 6.62. The van der Waals surface area contributed by atoms with Crippen LogP contribution in [-0.4, -0.2) is 18.1 Å². The van der Waals surface area contributed by atoms with Crippen LogP contribution >= 0.6 is 0 Å². The third kappa shape index (κ3) is 12.0. The minimum Gasteiger partial charge on any atom is -0.266 e. The lowest BCUT2D eigenvalue weighted by atomic mass is 9.89. The molecule has 0 bridgehead atoms. The number of fused-ring (bicyclic) bond motifs is 1. The van der Waals surface area contributed by atoms with Crippen molar-refractivity contribution in [3.05, 3.63) is 199 Å². The van der Waals surface area contributed by atoms with Gasteiger partial charge in [-0.3, -0.25) is 4.99 Å². The third-order valence-electron chi connectivity index (χ3n) is 9.43. The number of nitrogens with zero attached hydrogens (tertiary/aromatic N) is 2. The summed E-state index contributed by atoms with van der Waals surface area (Å²) in [5.74, 6) is 6.70. The first-order valence-electron chi connectivity index (χ1n) is 20.6. The molecule has 0 aromatic heterocycles. The number of hydrogen-bond acceptors (Lipinski definition) is 1. The summed E-state index contributed by atoms with van der Waals surface area (Å²) in [6, 6.07) is 47.6. The van der Waals surface area contributed by atoms with E-state index in [9.17, 15) is 0 Å². The van der Waals surface area contributed by atoms with Crippen LogP contribution in [0, 0.1) is 18.8 Å². The van der Waals surface area contributed by atoms with Crippen LogP contribution in [0.5, 0.6) is 0 Å². The van der Waals surface area contributed by atoms with Crippen LogP contribution in [0.15, 0.2) is 186 Å². The van der Waals surface area contributed by atoms with E-state index in [4.69, 9.17) is 9.98 Å². The molecule has 0 aliphatic carbocycles. The highest BCUT2D eigenvalue weighted by Crippen LogP contribution is 2.38. The van der Waals surface area contributed by atoms with E-state index < -0.39 is 0 Å². The zero-order valence-corrected chi connectivity index (χ0v) is 35.5. The molecule has 6 aromatic rings. The number of hydrogen-bond donors (Lipinski definition) is 0. The molecule has 0 N–H and O–H groups in total. The molecule has 0 unspecified atom stereocenters. The number of allylic oxidation sites excluding steroid dienone is 5. The van der Waals surface area contributed by atoms with Gasteiger partial charge in [0.15, 0.2) is 5.84 Å². The number of aliphatic imine (C=N–C) groups is 2. The molecule has 0 spiro atoms. The molecule has 0 aliphatic heterocycles. The Hall–Kier alpha value is -6.56. The number of amidine groups is 1. The van der Waals surface area contributed by atoms with E-state index >= 15 is 0 Å². The average Bonchev–Trinajstić information content (AvgIpc) is 3.29. The maximum Gasteiger partial charge on any atom is 0.154 e. The molecule has 0 saturated carbocycles. The van der Waals surface area contributed by atoms with Gasteiger partial charge >= 0.3 is 0 Å². The summed E-state index contributed by atoms with van der Waals surface area (Å²) in [7, 11) is 0. The molecule has 292 valence electrons. The predicted octanol–water partition coefficient (Wildman–Crippen LogP) is 15.6. The monoisotopic (exact) mass is 758 g/mol. The van der Waals surface area contributed by atoms with Gasteiger partial charge in [0.05, 0.1) is 0 Å². The van der Waals surface area contributed by atoms with Gasteiger partial charge < -0.3 is 0 Å². The molecule has 2 heteroatoms. The summed E-state index contributed by atoms with van der Waals surface area (Å²) < 4.78 is 0. The Morgan fingerprint density at radius 2 is 1.21 bits per heavy atom. The van der Waals surface area contributed by atoms with Gasteiger partial charge in [0, 0.05) is 24.2 Å². The van der Waals surface area contributed by atoms with Gasteiger partial charge in [-0.1, -0.05) is 204 Å². The minimum atomic E-state index is 0.653. The molecular formula is C56H58N2. The van der Waals surface area contributed by atoms with E-state index in [2.05, 4.69) is 172 Å². The Morgan fingerprint density at radius 1 is 0.621 bits per heavy atom. The second kappa shape index (κ2) is 24.2. The predicted molar refractivity (Wildman–Crippen MR) is 258 cm³/mol. The second-order valence-corrected chi connectivity index (χ2v) is 13.0. The van der Waals surface area contributed by atoms with Crippen LogP contribution < -0.4 is 0 Å². The summed E-state index contributed by atoms with van der Waals surface area (Å²) in [6.45, 7) is 18.6. The van der Waals surface area contributed by atoms with Crippen LogP contribution in [0.2, 0.25) is 0 Å². The van der Waals surface area contributed by atoms with E-state index in [1.54, 1.807) is 0 Å². The summed E-state index contributed by atoms with van der Waals surface area (Å²) in [5.41, 5.74) is 12.6. The molecule has 0 atom stereocenters. The van der Waals surface area contributed by atoms with E-state index in [-0.39, 0.29) is 0 Å². The first-order valence-corrected chi connectivity index (χ1v) is 20.6. The first-order chi connectivity index (χ1) is 28.6. The topological polar surface area (TPSA) is 24.7 Å². The van der Waals surface area contributed by atoms with Crippen molar-refractivity contribution in [3.63, 3.8) is 0 Å². The average molecular weight is 759 g/mol. The molecule has 6 rings (SSSR count). The van der Waals surface area contributed by atoms with Crippen LogP contribution in [0.4, 0.5) is 0 Å². The van der Waals surface area contributed by atoms with Crippen LogP contribution in [0.25, 0.3) is 50.2 Å². The molecular weight excluding hydrogens is 701 g/mol. The maximum absolute atomic E-state index is 5.10. The molecule has 58 heavy (non-hydrogen) atoms. The first kappa shape index (κ1) is 44.2. The highest BCUT2D eigenvalue weighted by Gasteiger charge is 2.13. The highest BCUT2D eigenvalue weighted by molar-refractivity contribution is 6.12. The van der Waals surface area contributed by atoms with Crippen LogP contribution in [0.3, 0.4) is 0 Å². The lowest BCUT2D eigenvalue weighted by Gasteiger charge is -2.15. The van der Waals surface area contributed by atoms with Crippen molar-refractivity contribution in [2.24, 2.45) is 9.98 Å². The Labute approximate surface area is 348 Å². The van der Waals surface area contributed by atoms with Gasteiger partial charge in [-0.2, -0.15) is 0 Å². The van der Waals surface area contributed by atoms with Crippen molar-refractivity contribution in [2.75, 3.05) is 6.54 Å². The van der Waals surface area contributed by atoms with Crippen LogP contribution in [-0.2, 0) is 0 Å². The van der Waals surface area contributed by atoms with E-state index in [0.717, 1.165) is 41.1 Å². The van der Waals surface area contributed by atoms with Crippen molar-refractivity contribution in [3.8, 4) is 45.2 Å². The zero-order chi connectivity index (χ0) is 41.5. The van der Waals surface area contributed by atoms with Crippen molar-refractivity contribution >= 4 is 28.4 Å². The number of benzene rings is 6. The third-order valence-corrected chi connectivity index (χ3v) is 9.43. The number of rotatable bonds is 12. The maximum atomic E-state index is 5.10. The van der Waals surface area contributed by atoms with Gasteiger partial charge in [0.25, 0.3) is 0 Å². The molecule has 6 aromatic carbocycles. The summed E-state index contributed by atoms with van der Waals surface area (Å²) >= 11 is 0. The van der Waals surface area contributed by atoms with Crippen molar-refractivity contribution < 1.29 is 0 Å². The van der Waals surface area contributed by atoms with E-state index in [1.165, 1.54) is 49.7 Å². The normalized spacial score (nSPS) is 11.5.